The van der Waals surface area contributed by atoms with Crippen molar-refractivity contribution in [2.24, 2.45) is 0 Å². The predicted octanol–water partition coefficient (Wildman–Crippen LogP) is 2.29. The molecule has 174 valence electrons. The number of aromatic nitrogens is 3. The fourth-order valence-electron chi connectivity index (χ4n) is 4.16. The fraction of sp³-hybridized carbons (Fsp3) is 0.619. The normalized spacial score (nSPS) is 18.8. The number of alkyl halides is 3. The first kappa shape index (κ1) is 22.7. The van der Waals surface area contributed by atoms with Gasteiger partial charge in [0.05, 0.1) is 11.7 Å². The molecular formula is C21H28F3N7O. The van der Waals surface area contributed by atoms with Gasteiger partial charge in [0.25, 0.3) is 5.91 Å². The van der Waals surface area contributed by atoms with E-state index >= 15 is 0 Å². The summed E-state index contributed by atoms with van der Waals surface area (Å²) in [5, 5.41) is 5.18. The van der Waals surface area contributed by atoms with Crippen LogP contribution in [0.2, 0.25) is 0 Å². The van der Waals surface area contributed by atoms with Crippen LogP contribution in [0.1, 0.15) is 36.2 Å². The molecule has 0 bridgehead atoms. The number of rotatable bonds is 7. The van der Waals surface area contributed by atoms with Gasteiger partial charge in [-0.1, -0.05) is 0 Å². The van der Waals surface area contributed by atoms with E-state index in [9.17, 15) is 18.0 Å². The highest BCUT2D eigenvalue weighted by Gasteiger charge is 2.27. The molecule has 0 radical (unpaired) electrons. The molecule has 11 heteroatoms. The molecule has 0 aromatic carbocycles. The largest absolute Gasteiger partial charge is 0.405 e. The molecule has 0 aliphatic carbocycles. The van der Waals surface area contributed by atoms with Crippen molar-refractivity contribution in [1.82, 2.24) is 30.1 Å². The van der Waals surface area contributed by atoms with E-state index in [1.165, 1.54) is 38.2 Å². The van der Waals surface area contributed by atoms with E-state index in [4.69, 9.17) is 0 Å². The molecule has 2 aromatic rings. The lowest BCUT2D eigenvalue weighted by atomic mass is 10.0. The van der Waals surface area contributed by atoms with Crippen molar-refractivity contribution in [2.75, 3.05) is 51.1 Å². The summed E-state index contributed by atoms with van der Waals surface area (Å²) in [5.74, 6) is -0.396. The maximum atomic E-state index is 12.6. The second kappa shape index (κ2) is 9.95. The quantitative estimate of drug-likeness (QED) is 0.668. The van der Waals surface area contributed by atoms with Gasteiger partial charge < -0.3 is 20.4 Å². The van der Waals surface area contributed by atoms with Gasteiger partial charge in [-0.2, -0.15) is 13.2 Å². The summed E-state index contributed by atoms with van der Waals surface area (Å²) in [4.78, 5) is 29.8. The maximum Gasteiger partial charge on any atom is 0.405 e. The zero-order valence-corrected chi connectivity index (χ0v) is 17.9. The molecular weight excluding hydrogens is 423 g/mol. The first-order valence-corrected chi connectivity index (χ1v) is 11.1. The van der Waals surface area contributed by atoms with Crippen LogP contribution in [0.3, 0.4) is 0 Å². The van der Waals surface area contributed by atoms with Gasteiger partial charge in [0.1, 0.15) is 17.8 Å². The second-order valence-corrected chi connectivity index (χ2v) is 8.40. The maximum absolute atomic E-state index is 12.6. The second-order valence-electron chi connectivity index (χ2n) is 8.40. The number of halogens is 3. The topological polar surface area (TPSA) is 86.3 Å². The van der Waals surface area contributed by atoms with E-state index in [2.05, 4.69) is 35.4 Å². The number of hydrogen-bond acceptors (Lipinski definition) is 7. The molecule has 2 saturated heterocycles. The minimum atomic E-state index is -4.36. The van der Waals surface area contributed by atoms with Crippen LogP contribution in [0, 0.1) is 0 Å². The zero-order valence-electron chi connectivity index (χ0n) is 17.9. The van der Waals surface area contributed by atoms with Gasteiger partial charge in [-0.05, 0) is 50.9 Å². The van der Waals surface area contributed by atoms with Crippen molar-refractivity contribution in [3.05, 3.63) is 24.0 Å². The highest BCUT2D eigenvalue weighted by atomic mass is 19.4. The first-order chi connectivity index (χ1) is 15.4. The number of anilines is 1. The van der Waals surface area contributed by atoms with E-state index in [0.29, 0.717) is 11.0 Å². The molecule has 4 rings (SSSR count). The van der Waals surface area contributed by atoms with E-state index in [-0.39, 0.29) is 23.6 Å². The number of fused-ring (bicyclic) bond motifs is 1. The Morgan fingerprint density at radius 2 is 1.69 bits per heavy atom. The molecule has 2 aliphatic rings. The molecule has 0 saturated carbocycles. The van der Waals surface area contributed by atoms with Crippen LogP contribution in [0.25, 0.3) is 11.0 Å². The van der Waals surface area contributed by atoms with Crippen molar-refractivity contribution >= 4 is 22.9 Å². The van der Waals surface area contributed by atoms with Crippen LogP contribution in [-0.2, 0) is 0 Å². The minimum Gasteiger partial charge on any atom is -0.348 e. The fourth-order valence-corrected chi connectivity index (χ4v) is 4.16. The van der Waals surface area contributed by atoms with Crippen molar-refractivity contribution in [3.8, 4) is 0 Å². The molecule has 0 spiro atoms. The Morgan fingerprint density at radius 3 is 2.38 bits per heavy atom. The summed E-state index contributed by atoms with van der Waals surface area (Å²) in [6, 6.07) is 3.20. The van der Waals surface area contributed by atoms with Crippen molar-refractivity contribution in [1.29, 1.82) is 0 Å². The Morgan fingerprint density at radius 1 is 1.00 bits per heavy atom. The summed E-state index contributed by atoms with van der Waals surface area (Å²) in [5.41, 5.74) is 0.966. The van der Waals surface area contributed by atoms with Gasteiger partial charge in [-0.25, -0.2) is 15.0 Å². The van der Waals surface area contributed by atoms with Crippen molar-refractivity contribution in [3.63, 3.8) is 0 Å². The van der Waals surface area contributed by atoms with E-state index in [1.54, 1.807) is 6.07 Å². The Hall–Kier alpha value is -2.53. The number of pyridine rings is 1. The molecule has 2 N–H and O–H groups in total. The number of likely N-dealkylation sites (tertiary alicyclic amines) is 2. The molecule has 8 nitrogen and oxygen atoms in total. The van der Waals surface area contributed by atoms with Crippen LogP contribution in [0.5, 0.6) is 0 Å². The standard InChI is InChI=1S/C21H28F3N7O/c22-21(23,24)14-26-20-25-13-18-16(29-20)3-4-17(28-18)19(32)27-15-5-9-31(10-6-15)12-11-30-7-1-2-8-30/h3-4,13,15H,1-2,5-12,14H2,(H,27,32)(H,25,26,29). The van der Waals surface area contributed by atoms with Crippen LogP contribution in [0.4, 0.5) is 19.1 Å². The summed E-state index contributed by atoms with van der Waals surface area (Å²) in [6.07, 6.45) is 1.37. The Balaban J connectivity index is 1.27. The number of amides is 1. The lowest BCUT2D eigenvalue weighted by molar-refractivity contribution is -0.115. The van der Waals surface area contributed by atoms with Crippen LogP contribution >= 0.6 is 0 Å². The molecule has 0 unspecified atom stereocenters. The van der Waals surface area contributed by atoms with Crippen LogP contribution in [0.15, 0.2) is 18.3 Å². The predicted molar refractivity (Wildman–Crippen MR) is 114 cm³/mol. The summed E-state index contributed by atoms with van der Waals surface area (Å²) >= 11 is 0. The molecule has 4 heterocycles. The van der Waals surface area contributed by atoms with E-state index in [1.807, 2.05) is 0 Å². The lowest BCUT2D eigenvalue weighted by Crippen LogP contribution is -2.46. The number of carbonyl (C=O) groups excluding carboxylic acids is 1. The van der Waals surface area contributed by atoms with E-state index in [0.717, 1.165) is 39.0 Å². The molecule has 0 atom stereocenters. The SMILES string of the molecule is O=C(NC1CCN(CCN2CCCC2)CC1)c1ccc2nc(NCC(F)(F)F)ncc2n1. The number of piperidine rings is 1. The van der Waals surface area contributed by atoms with Crippen LogP contribution in [-0.4, -0.2) is 88.7 Å². The number of nitrogens with zero attached hydrogens (tertiary/aromatic N) is 5. The van der Waals surface area contributed by atoms with Crippen LogP contribution < -0.4 is 10.6 Å². The highest BCUT2D eigenvalue weighted by molar-refractivity contribution is 5.94. The van der Waals surface area contributed by atoms with Gasteiger partial charge in [0.15, 0.2) is 0 Å². The Kier molecular flexibility index (Phi) is 7.04. The first-order valence-electron chi connectivity index (χ1n) is 11.1. The monoisotopic (exact) mass is 451 g/mol. The van der Waals surface area contributed by atoms with Crippen molar-refractivity contribution < 1.29 is 18.0 Å². The lowest BCUT2D eigenvalue weighted by Gasteiger charge is -2.33. The van der Waals surface area contributed by atoms with Gasteiger partial charge in [-0.3, -0.25) is 4.79 Å². The minimum absolute atomic E-state index is 0.105. The molecule has 32 heavy (non-hydrogen) atoms. The average Bonchev–Trinajstić information content (AvgIpc) is 3.30. The zero-order chi connectivity index (χ0) is 22.6. The van der Waals surface area contributed by atoms with Gasteiger partial charge >= 0.3 is 6.18 Å². The van der Waals surface area contributed by atoms with Gasteiger partial charge in [-0.15, -0.1) is 0 Å². The van der Waals surface area contributed by atoms with E-state index < -0.39 is 12.7 Å². The summed E-state index contributed by atoms with van der Waals surface area (Å²) in [7, 11) is 0. The number of hydrogen-bond donors (Lipinski definition) is 2. The molecule has 2 aliphatic heterocycles. The van der Waals surface area contributed by atoms with Gasteiger partial charge in [0, 0.05) is 32.2 Å². The third-order valence-electron chi connectivity index (χ3n) is 5.97. The summed E-state index contributed by atoms with van der Waals surface area (Å²) in [6.45, 7) is 5.32. The molecule has 2 fully saturated rings. The smallest absolute Gasteiger partial charge is 0.348 e. The Bertz CT molecular complexity index is 925. The summed E-state index contributed by atoms with van der Waals surface area (Å²) < 4.78 is 37.0. The third-order valence-corrected chi connectivity index (χ3v) is 5.97. The number of carbonyl (C=O) groups is 1. The number of nitrogens with one attached hydrogen (secondary N) is 2. The third kappa shape index (κ3) is 6.26. The van der Waals surface area contributed by atoms with Gasteiger partial charge in [0.2, 0.25) is 5.95 Å². The van der Waals surface area contributed by atoms with Crippen molar-refractivity contribution in [2.45, 2.75) is 37.9 Å². The molecule has 2 aromatic heterocycles. The average molecular weight is 451 g/mol. The molecule has 1 amide bonds. The Labute approximate surface area is 184 Å². The highest BCUT2D eigenvalue weighted by Crippen LogP contribution is 2.17.